The first-order chi connectivity index (χ1) is 18.0. The van der Waals surface area contributed by atoms with Crippen LogP contribution >= 0.6 is 0 Å². The number of nitrogens with zero attached hydrogens (tertiary/aromatic N) is 1. The smallest absolute Gasteiger partial charge is 0.265 e. The quantitative estimate of drug-likeness (QED) is 0.434. The summed E-state index contributed by atoms with van der Waals surface area (Å²) in [5, 5.41) is 2.94. The zero-order chi connectivity index (χ0) is 25.9. The number of carbonyl (C=O) groups excluding carboxylic acids is 2. The van der Waals surface area contributed by atoms with Crippen molar-refractivity contribution in [2.24, 2.45) is 5.92 Å². The summed E-state index contributed by atoms with van der Waals surface area (Å²) in [7, 11) is 1.61. The van der Waals surface area contributed by atoms with Crippen LogP contribution in [0, 0.1) is 12.8 Å². The maximum Gasteiger partial charge on any atom is 0.265 e. The maximum atomic E-state index is 13.3. The van der Waals surface area contributed by atoms with E-state index >= 15 is 0 Å². The van der Waals surface area contributed by atoms with Crippen LogP contribution in [0.25, 0.3) is 0 Å². The standard InChI is InChI=1S/C31H34N2O4/c1-4-28(30(34)32-24-11-14-25(36-3)15-12-24)37-26-13-10-21-16-17-33(31(35)22-8-9-22)29(27(21)19-26)23-7-5-6-20(2)18-23/h5-7,10-15,18-19,22,28-29H,4,8-9,16-17H2,1-3H3,(H,32,34)/t28-,29+/m1/s1. The molecule has 37 heavy (non-hydrogen) atoms. The van der Waals surface area contributed by atoms with Gasteiger partial charge in [0.1, 0.15) is 11.5 Å². The largest absolute Gasteiger partial charge is 0.497 e. The molecule has 0 unspecified atom stereocenters. The zero-order valence-corrected chi connectivity index (χ0v) is 21.7. The SMILES string of the molecule is CC[C@@H](Oc1ccc2c(c1)[C@H](c1cccc(C)c1)N(C(=O)C1CC1)CC2)C(=O)Nc1ccc(OC)cc1. The lowest BCUT2D eigenvalue weighted by Crippen LogP contribution is -2.41. The highest BCUT2D eigenvalue weighted by atomic mass is 16.5. The molecule has 192 valence electrons. The monoisotopic (exact) mass is 498 g/mol. The van der Waals surface area contributed by atoms with E-state index < -0.39 is 6.10 Å². The van der Waals surface area contributed by atoms with Crippen LogP contribution in [0.4, 0.5) is 5.69 Å². The van der Waals surface area contributed by atoms with E-state index in [9.17, 15) is 9.59 Å². The average molecular weight is 499 g/mol. The molecular weight excluding hydrogens is 464 g/mol. The first-order valence-electron chi connectivity index (χ1n) is 13.1. The molecule has 1 N–H and O–H groups in total. The molecule has 0 radical (unpaired) electrons. The van der Waals surface area contributed by atoms with Gasteiger partial charge < -0.3 is 19.7 Å². The van der Waals surface area contributed by atoms with Crippen molar-refractivity contribution < 1.29 is 19.1 Å². The van der Waals surface area contributed by atoms with Gasteiger partial charge in [0, 0.05) is 18.2 Å². The van der Waals surface area contributed by atoms with Crippen molar-refractivity contribution in [3.63, 3.8) is 0 Å². The van der Waals surface area contributed by atoms with E-state index in [1.807, 2.05) is 24.0 Å². The molecular formula is C31H34N2O4. The van der Waals surface area contributed by atoms with E-state index in [1.54, 1.807) is 31.4 Å². The highest BCUT2D eigenvalue weighted by Gasteiger charge is 2.39. The predicted octanol–water partition coefficient (Wildman–Crippen LogP) is 5.68. The molecule has 1 aliphatic heterocycles. The molecule has 0 spiro atoms. The molecule has 3 aromatic rings. The first-order valence-corrected chi connectivity index (χ1v) is 13.1. The van der Waals surface area contributed by atoms with Crippen molar-refractivity contribution in [1.29, 1.82) is 0 Å². The Balaban J connectivity index is 1.41. The second-order valence-electron chi connectivity index (χ2n) is 9.97. The van der Waals surface area contributed by atoms with E-state index in [0.29, 0.717) is 24.4 Å². The van der Waals surface area contributed by atoms with Gasteiger partial charge in [0.05, 0.1) is 13.2 Å². The van der Waals surface area contributed by atoms with Gasteiger partial charge in [-0.3, -0.25) is 9.59 Å². The Hall–Kier alpha value is -3.80. The summed E-state index contributed by atoms with van der Waals surface area (Å²) in [6.07, 6.45) is 2.64. The fourth-order valence-electron chi connectivity index (χ4n) is 5.05. The van der Waals surface area contributed by atoms with Crippen molar-refractivity contribution in [1.82, 2.24) is 4.90 Å². The number of carbonyl (C=O) groups is 2. The Morgan fingerprint density at radius 1 is 1.03 bits per heavy atom. The minimum Gasteiger partial charge on any atom is -0.497 e. The summed E-state index contributed by atoms with van der Waals surface area (Å²) < 4.78 is 11.4. The summed E-state index contributed by atoms with van der Waals surface area (Å²) in [5.74, 6) is 1.56. The van der Waals surface area contributed by atoms with Crippen LogP contribution in [0.2, 0.25) is 0 Å². The Labute approximate surface area is 218 Å². The highest BCUT2D eigenvalue weighted by Crippen LogP contribution is 2.41. The molecule has 6 heteroatoms. The summed E-state index contributed by atoms with van der Waals surface area (Å²) in [6.45, 7) is 4.72. The molecule has 6 nitrogen and oxygen atoms in total. The number of nitrogens with one attached hydrogen (secondary N) is 1. The number of amides is 2. The van der Waals surface area contributed by atoms with Crippen molar-refractivity contribution in [2.45, 2.75) is 51.7 Å². The van der Waals surface area contributed by atoms with Crippen LogP contribution in [0.1, 0.15) is 54.5 Å². The van der Waals surface area contributed by atoms with Gasteiger partial charge in [-0.2, -0.15) is 0 Å². The topological polar surface area (TPSA) is 67.9 Å². The number of hydrogen-bond donors (Lipinski definition) is 1. The Morgan fingerprint density at radius 3 is 2.46 bits per heavy atom. The summed E-state index contributed by atoms with van der Waals surface area (Å²) in [6, 6.07) is 21.5. The third kappa shape index (κ3) is 5.48. The Bertz CT molecular complexity index is 1280. The minimum atomic E-state index is -0.648. The number of benzene rings is 3. The lowest BCUT2D eigenvalue weighted by molar-refractivity contribution is -0.134. The van der Waals surface area contributed by atoms with E-state index in [1.165, 1.54) is 5.56 Å². The molecule has 0 aromatic heterocycles. The second kappa shape index (κ2) is 10.7. The van der Waals surface area contributed by atoms with E-state index in [2.05, 4.69) is 42.6 Å². The number of aryl methyl sites for hydroxylation is 1. The van der Waals surface area contributed by atoms with Crippen molar-refractivity contribution in [3.8, 4) is 11.5 Å². The van der Waals surface area contributed by atoms with Crippen LogP contribution < -0.4 is 14.8 Å². The lowest BCUT2D eigenvalue weighted by atomic mass is 9.87. The van der Waals surface area contributed by atoms with Gasteiger partial charge in [-0.1, -0.05) is 42.8 Å². The minimum absolute atomic E-state index is 0.152. The van der Waals surface area contributed by atoms with E-state index in [-0.39, 0.29) is 23.8 Å². The van der Waals surface area contributed by atoms with Gasteiger partial charge in [0.2, 0.25) is 5.91 Å². The summed E-state index contributed by atoms with van der Waals surface area (Å²) in [4.78, 5) is 28.4. The number of anilines is 1. The number of methoxy groups -OCH3 is 1. The molecule has 0 bridgehead atoms. The van der Waals surface area contributed by atoms with E-state index in [4.69, 9.17) is 9.47 Å². The fourth-order valence-corrected chi connectivity index (χ4v) is 5.05. The van der Waals surface area contributed by atoms with Gasteiger partial charge in [-0.05, 0) is 85.7 Å². The first kappa shape index (κ1) is 24.9. The number of hydrogen-bond acceptors (Lipinski definition) is 4. The molecule has 1 saturated carbocycles. The third-order valence-corrected chi connectivity index (χ3v) is 7.21. The van der Waals surface area contributed by atoms with Gasteiger partial charge >= 0.3 is 0 Å². The van der Waals surface area contributed by atoms with Crippen LogP contribution in [-0.2, 0) is 16.0 Å². The summed E-state index contributed by atoms with van der Waals surface area (Å²) in [5.41, 5.74) is 5.25. The van der Waals surface area contributed by atoms with Gasteiger partial charge in [0.15, 0.2) is 6.10 Å². The van der Waals surface area contributed by atoms with Gasteiger partial charge in [-0.15, -0.1) is 0 Å². The molecule has 1 aliphatic carbocycles. The molecule has 0 saturated heterocycles. The normalized spacial score (nSPS) is 17.5. The van der Waals surface area contributed by atoms with Crippen molar-refractivity contribution in [3.05, 3.63) is 89.0 Å². The predicted molar refractivity (Wildman–Crippen MR) is 144 cm³/mol. The number of ether oxygens (including phenoxy) is 2. The highest BCUT2D eigenvalue weighted by molar-refractivity contribution is 5.94. The zero-order valence-electron chi connectivity index (χ0n) is 21.7. The molecule has 1 heterocycles. The summed E-state index contributed by atoms with van der Waals surface area (Å²) >= 11 is 0. The van der Waals surface area contributed by atoms with Crippen LogP contribution in [0.5, 0.6) is 11.5 Å². The molecule has 2 aliphatic rings. The molecule has 5 rings (SSSR count). The molecule has 3 aromatic carbocycles. The Morgan fingerprint density at radius 2 is 1.78 bits per heavy atom. The molecule has 2 atom stereocenters. The number of rotatable bonds is 8. The Kier molecular flexibility index (Phi) is 7.17. The van der Waals surface area contributed by atoms with Gasteiger partial charge in [-0.25, -0.2) is 0 Å². The molecule has 1 fully saturated rings. The second-order valence-corrected chi connectivity index (χ2v) is 9.97. The maximum absolute atomic E-state index is 13.3. The lowest BCUT2D eigenvalue weighted by Gasteiger charge is -2.38. The van der Waals surface area contributed by atoms with Crippen molar-refractivity contribution >= 4 is 17.5 Å². The van der Waals surface area contributed by atoms with Crippen LogP contribution in [0.3, 0.4) is 0 Å². The van der Waals surface area contributed by atoms with Gasteiger partial charge in [0.25, 0.3) is 5.91 Å². The molecule has 2 amide bonds. The van der Waals surface area contributed by atoms with Crippen LogP contribution in [0.15, 0.2) is 66.7 Å². The van der Waals surface area contributed by atoms with Crippen molar-refractivity contribution in [2.75, 3.05) is 19.0 Å². The fraction of sp³-hybridized carbons (Fsp3) is 0.355. The van der Waals surface area contributed by atoms with Crippen LogP contribution in [-0.4, -0.2) is 36.5 Å². The number of fused-ring (bicyclic) bond motifs is 1. The average Bonchev–Trinajstić information content (AvgIpc) is 3.76. The third-order valence-electron chi connectivity index (χ3n) is 7.21. The van der Waals surface area contributed by atoms with E-state index in [0.717, 1.165) is 41.7 Å².